The van der Waals surface area contributed by atoms with Gasteiger partial charge >= 0.3 is 5.97 Å². The lowest BCUT2D eigenvalue weighted by atomic mass is 9.98. The highest BCUT2D eigenvalue weighted by atomic mass is 16.4. The van der Waals surface area contributed by atoms with Crippen molar-refractivity contribution < 1.29 is 29.4 Å². The van der Waals surface area contributed by atoms with E-state index in [0.717, 1.165) is 0 Å². The lowest BCUT2D eigenvalue weighted by Crippen LogP contribution is -2.56. The summed E-state index contributed by atoms with van der Waals surface area (Å²) in [4.78, 5) is 47.7. The molecule has 1 rings (SSSR count). The molecular formula is C19H28N4O6. The third kappa shape index (κ3) is 7.78. The van der Waals surface area contributed by atoms with Crippen LogP contribution in [0.15, 0.2) is 24.3 Å². The SMILES string of the molecule is CC[C@H](C)[C@H](N)C(=O)N[C@@H](CC(N)=O)C(=O)N[C@@H](Cc1ccc(O)cc1)C(=O)O. The van der Waals surface area contributed by atoms with Crippen molar-refractivity contribution >= 4 is 23.7 Å². The zero-order valence-corrected chi connectivity index (χ0v) is 16.4. The van der Waals surface area contributed by atoms with Crippen molar-refractivity contribution in [3.05, 3.63) is 29.8 Å². The van der Waals surface area contributed by atoms with E-state index in [2.05, 4.69) is 10.6 Å². The van der Waals surface area contributed by atoms with E-state index >= 15 is 0 Å². The predicted octanol–water partition coefficient (Wildman–Crippen LogP) is -0.762. The maximum absolute atomic E-state index is 12.6. The number of benzene rings is 1. The van der Waals surface area contributed by atoms with Gasteiger partial charge in [-0.2, -0.15) is 0 Å². The minimum atomic E-state index is -1.35. The fraction of sp³-hybridized carbons (Fsp3) is 0.474. The third-order valence-corrected chi connectivity index (χ3v) is 4.59. The van der Waals surface area contributed by atoms with Crippen molar-refractivity contribution in [1.29, 1.82) is 0 Å². The van der Waals surface area contributed by atoms with Gasteiger partial charge in [0.1, 0.15) is 17.8 Å². The average molecular weight is 408 g/mol. The number of aliphatic carboxylic acids is 1. The number of phenols is 1. The summed E-state index contributed by atoms with van der Waals surface area (Å²) in [6.45, 7) is 3.62. The van der Waals surface area contributed by atoms with Gasteiger partial charge in [-0.1, -0.05) is 32.4 Å². The summed E-state index contributed by atoms with van der Waals surface area (Å²) in [5.41, 5.74) is 11.6. The van der Waals surface area contributed by atoms with Crippen molar-refractivity contribution in [2.45, 2.75) is 51.2 Å². The van der Waals surface area contributed by atoms with E-state index in [1.807, 2.05) is 6.92 Å². The molecule has 0 saturated carbocycles. The molecule has 0 heterocycles. The van der Waals surface area contributed by atoms with Crippen molar-refractivity contribution in [1.82, 2.24) is 10.6 Å². The first-order chi connectivity index (χ1) is 13.5. The highest BCUT2D eigenvalue weighted by molar-refractivity contribution is 5.94. The molecule has 10 nitrogen and oxygen atoms in total. The smallest absolute Gasteiger partial charge is 0.326 e. The molecule has 0 unspecified atom stereocenters. The van der Waals surface area contributed by atoms with E-state index in [1.165, 1.54) is 24.3 Å². The highest BCUT2D eigenvalue weighted by Gasteiger charge is 2.30. The number of aromatic hydroxyl groups is 1. The molecule has 1 aromatic rings. The molecule has 0 bridgehead atoms. The van der Waals surface area contributed by atoms with Crippen molar-refractivity contribution in [3.63, 3.8) is 0 Å². The van der Waals surface area contributed by atoms with Crippen molar-refractivity contribution in [3.8, 4) is 5.75 Å². The number of rotatable bonds is 11. The van der Waals surface area contributed by atoms with Gasteiger partial charge < -0.3 is 32.3 Å². The van der Waals surface area contributed by atoms with Gasteiger partial charge in [-0.3, -0.25) is 14.4 Å². The molecule has 0 aliphatic carbocycles. The number of nitrogens with two attached hydrogens (primary N) is 2. The molecule has 0 spiro atoms. The van der Waals surface area contributed by atoms with E-state index in [-0.39, 0.29) is 18.1 Å². The quantitative estimate of drug-likeness (QED) is 0.278. The Bertz CT molecular complexity index is 737. The van der Waals surface area contributed by atoms with Crippen LogP contribution >= 0.6 is 0 Å². The van der Waals surface area contributed by atoms with Crippen LogP contribution in [0.5, 0.6) is 5.75 Å². The Kier molecular flexibility index (Phi) is 9.07. The Morgan fingerprint density at radius 3 is 2.07 bits per heavy atom. The highest BCUT2D eigenvalue weighted by Crippen LogP contribution is 2.12. The van der Waals surface area contributed by atoms with Gasteiger partial charge in [-0.15, -0.1) is 0 Å². The van der Waals surface area contributed by atoms with Crippen molar-refractivity contribution in [2.75, 3.05) is 0 Å². The van der Waals surface area contributed by atoms with E-state index in [9.17, 15) is 29.4 Å². The second kappa shape index (κ2) is 11.0. The molecule has 1 aromatic carbocycles. The zero-order valence-electron chi connectivity index (χ0n) is 16.4. The van der Waals surface area contributed by atoms with Crippen LogP contribution in [0.2, 0.25) is 0 Å². The number of amides is 3. The van der Waals surface area contributed by atoms with Gasteiger partial charge in [0.05, 0.1) is 12.5 Å². The van der Waals surface area contributed by atoms with Crippen LogP contribution in [0.4, 0.5) is 0 Å². The Morgan fingerprint density at radius 2 is 1.59 bits per heavy atom. The maximum atomic E-state index is 12.6. The number of carboxylic acid groups (broad SMARTS) is 1. The van der Waals surface area contributed by atoms with Gasteiger partial charge in [0, 0.05) is 6.42 Å². The Labute approximate surface area is 168 Å². The van der Waals surface area contributed by atoms with Gasteiger partial charge in [-0.25, -0.2) is 4.79 Å². The van der Waals surface area contributed by atoms with Crippen LogP contribution in [0.1, 0.15) is 32.3 Å². The molecule has 10 heteroatoms. The monoisotopic (exact) mass is 408 g/mol. The Balaban J connectivity index is 2.89. The first kappa shape index (κ1) is 23.9. The summed E-state index contributed by atoms with van der Waals surface area (Å²) in [5, 5.41) is 23.4. The molecule has 0 aliphatic heterocycles. The van der Waals surface area contributed by atoms with E-state index in [1.54, 1.807) is 6.92 Å². The maximum Gasteiger partial charge on any atom is 0.326 e. The van der Waals surface area contributed by atoms with Crippen LogP contribution in [0.3, 0.4) is 0 Å². The standard InChI is InChI=1S/C19H28N4O6/c1-3-10(2)16(21)18(27)22-13(9-15(20)25)17(26)23-14(19(28)29)8-11-4-6-12(24)7-5-11/h4-7,10,13-14,16,24H,3,8-9,21H2,1-2H3,(H2,20,25)(H,22,27)(H,23,26)(H,28,29)/t10-,13-,14-,16-/m0/s1. The molecule has 4 atom stereocenters. The number of carbonyl (C=O) groups is 4. The molecular weight excluding hydrogens is 380 g/mol. The minimum absolute atomic E-state index is 0.0199. The number of carbonyl (C=O) groups excluding carboxylic acids is 3. The zero-order chi connectivity index (χ0) is 22.1. The summed E-state index contributed by atoms with van der Waals surface area (Å²) < 4.78 is 0. The third-order valence-electron chi connectivity index (χ3n) is 4.59. The Morgan fingerprint density at radius 1 is 1.03 bits per heavy atom. The van der Waals surface area contributed by atoms with Crippen LogP contribution < -0.4 is 22.1 Å². The second-order valence-electron chi connectivity index (χ2n) is 6.91. The molecule has 0 fully saturated rings. The molecule has 0 aromatic heterocycles. The number of primary amides is 1. The lowest BCUT2D eigenvalue weighted by molar-refractivity contribution is -0.142. The van der Waals surface area contributed by atoms with E-state index < -0.39 is 48.2 Å². The Hall–Kier alpha value is -3.14. The normalized spacial score (nSPS) is 14.9. The lowest BCUT2D eigenvalue weighted by Gasteiger charge is -2.24. The van der Waals surface area contributed by atoms with Crippen LogP contribution in [-0.4, -0.2) is 52.0 Å². The number of nitrogens with one attached hydrogen (secondary N) is 2. The topological polar surface area (TPSA) is 185 Å². The number of hydrogen-bond donors (Lipinski definition) is 6. The number of hydrogen-bond acceptors (Lipinski definition) is 6. The fourth-order valence-electron chi connectivity index (χ4n) is 2.53. The van der Waals surface area contributed by atoms with Crippen LogP contribution in [0, 0.1) is 5.92 Å². The van der Waals surface area contributed by atoms with Crippen molar-refractivity contribution in [2.24, 2.45) is 17.4 Å². The first-order valence-corrected chi connectivity index (χ1v) is 9.20. The second-order valence-corrected chi connectivity index (χ2v) is 6.91. The summed E-state index contributed by atoms with van der Waals surface area (Å²) in [6.07, 6.45) is 0.0658. The van der Waals surface area contributed by atoms with Crippen LogP contribution in [0.25, 0.3) is 0 Å². The van der Waals surface area contributed by atoms with E-state index in [0.29, 0.717) is 12.0 Å². The predicted molar refractivity (Wildman–Crippen MR) is 105 cm³/mol. The molecule has 3 amide bonds. The van der Waals surface area contributed by atoms with Crippen LogP contribution in [-0.2, 0) is 25.6 Å². The first-order valence-electron chi connectivity index (χ1n) is 9.20. The minimum Gasteiger partial charge on any atom is -0.508 e. The van der Waals surface area contributed by atoms with E-state index in [4.69, 9.17) is 11.5 Å². The van der Waals surface area contributed by atoms with Gasteiger partial charge in [0.15, 0.2) is 0 Å². The largest absolute Gasteiger partial charge is 0.508 e. The summed E-state index contributed by atoms with van der Waals surface area (Å²) >= 11 is 0. The van der Waals surface area contributed by atoms with Gasteiger partial charge in [0.25, 0.3) is 0 Å². The van der Waals surface area contributed by atoms with Gasteiger partial charge in [-0.05, 0) is 23.6 Å². The molecule has 0 saturated heterocycles. The molecule has 29 heavy (non-hydrogen) atoms. The molecule has 8 N–H and O–H groups in total. The summed E-state index contributed by atoms with van der Waals surface area (Å²) in [6, 6.07) is 2.26. The molecule has 0 aliphatic rings. The average Bonchev–Trinajstić information content (AvgIpc) is 2.66. The summed E-state index contributed by atoms with van der Waals surface area (Å²) in [7, 11) is 0. The fourth-order valence-corrected chi connectivity index (χ4v) is 2.53. The summed E-state index contributed by atoms with van der Waals surface area (Å²) in [5.74, 6) is -3.77. The van der Waals surface area contributed by atoms with Gasteiger partial charge in [0.2, 0.25) is 17.7 Å². The molecule has 0 radical (unpaired) electrons. The molecule has 160 valence electrons. The number of phenolic OH excluding ortho intramolecular Hbond substituents is 1. The number of carboxylic acids is 1.